The van der Waals surface area contributed by atoms with Crippen LogP contribution in [0.4, 0.5) is 0 Å². The Morgan fingerprint density at radius 2 is 0.469 bits per heavy atom. The van der Waals surface area contributed by atoms with E-state index in [0.29, 0.717) is 19.3 Å². The first-order valence-corrected chi connectivity index (χ1v) is 36.1. The molecule has 0 fully saturated rings. The van der Waals surface area contributed by atoms with Crippen molar-refractivity contribution >= 4 is 17.9 Å². The fourth-order valence-corrected chi connectivity index (χ4v) is 10.9. The summed E-state index contributed by atoms with van der Waals surface area (Å²) in [5.41, 5.74) is 0. The highest BCUT2D eigenvalue weighted by Crippen LogP contribution is 2.19. The Morgan fingerprint density at radius 1 is 0.247 bits per heavy atom. The molecular weight excluding hydrogens is 997 g/mol. The number of hydrogen-bond donors (Lipinski definition) is 0. The SMILES string of the molecule is CCC/C=C\CCCCCCCC(=O)OCC(COC(=O)CCCCCCCCCCCCCCCCCCCC/C=C\C/C=C\C/C=C\CCCCCCC)OC(=O)CCCCCCCCCCCCCCCCCCCCCC. The minimum absolute atomic E-state index is 0.0701. The number of carbonyl (C=O) groups excluding carboxylic acids is 3. The monoisotopic (exact) mass is 1140 g/mol. The lowest BCUT2D eigenvalue weighted by Gasteiger charge is -2.18. The van der Waals surface area contributed by atoms with Gasteiger partial charge in [-0.3, -0.25) is 14.4 Å². The molecule has 474 valence electrons. The molecule has 81 heavy (non-hydrogen) atoms. The van der Waals surface area contributed by atoms with Crippen molar-refractivity contribution in [2.45, 2.75) is 399 Å². The summed E-state index contributed by atoms with van der Waals surface area (Å²) in [6.45, 7) is 6.63. The first-order valence-electron chi connectivity index (χ1n) is 36.1. The van der Waals surface area contributed by atoms with E-state index in [1.165, 1.54) is 270 Å². The molecule has 1 unspecified atom stereocenters. The van der Waals surface area contributed by atoms with Gasteiger partial charge in [-0.2, -0.15) is 0 Å². The minimum atomic E-state index is -0.773. The number of rotatable bonds is 67. The standard InChI is InChI=1S/C75H138O6/c1-4-7-10-13-16-19-22-24-26-28-30-32-33-34-35-36-37-38-39-40-41-42-43-44-46-47-49-51-53-56-59-62-65-68-74(77)80-71-72(70-79-73(76)67-64-61-58-55-21-18-15-12-9-6-3)81-75(78)69-66-63-60-57-54-52-50-48-45-31-29-27-25-23-20-17-14-11-8-5-2/h12,15,22,24,28,30,33-34,72H,4-11,13-14,16-21,23,25-27,29,31-32,35-71H2,1-3H3/b15-12-,24-22-,30-28-,34-33-. The lowest BCUT2D eigenvalue weighted by Crippen LogP contribution is -2.30. The van der Waals surface area contributed by atoms with Gasteiger partial charge in [-0.15, -0.1) is 0 Å². The number of allylic oxidation sites excluding steroid dienone is 8. The molecule has 0 saturated heterocycles. The van der Waals surface area contributed by atoms with Crippen LogP contribution < -0.4 is 0 Å². The molecule has 0 aliphatic rings. The number of hydrogen-bond acceptors (Lipinski definition) is 6. The van der Waals surface area contributed by atoms with E-state index in [9.17, 15) is 14.4 Å². The number of esters is 3. The molecule has 0 aromatic carbocycles. The zero-order valence-corrected chi connectivity index (χ0v) is 54.6. The van der Waals surface area contributed by atoms with Crippen LogP contribution in [0, 0.1) is 0 Å². The molecule has 0 aromatic rings. The van der Waals surface area contributed by atoms with Crippen LogP contribution in [0.3, 0.4) is 0 Å². The molecule has 0 aromatic heterocycles. The smallest absolute Gasteiger partial charge is 0.306 e. The van der Waals surface area contributed by atoms with Gasteiger partial charge in [-0.1, -0.05) is 345 Å². The normalized spacial score (nSPS) is 12.3. The van der Waals surface area contributed by atoms with Gasteiger partial charge in [0.15, 0.2) is 6.10 Å². The third-order valence-electron chi connectivity index (χ3n) is 16.3. The van der Waals surface area contributed by atoms with Crippen molar-refractivity contribution in [2.75, 3.05) is 13.2 Å². The third-order valence-corrected chi connectivity index (χ3v) is 16.3. The zero-order valence-electron chi connectivity index (χ0n) is 54.6. The molecule has 0 rings (SSSR count). The van der Waals surface area contributed by atoms with Gasteiger partial charge in [-0.25, -0.2) is 0 Å². The lowest BCUT2D eigenvalue weighted by molar-refractivity contribution is -0.167. The average molecular weight is 1140 g/mol. The summed E-state index contributed by atoms with van der Waals surface area (Å²) in [7, 11) is 0. The second-order valence-electron chi connectivity index (χ2n) is 24.5. The van der Waals surface area contributed by atoms with Gasteiger partial charge < -0.3 is 14.2 Å². The van der Waals surface area contributed by atoms with E-state index >= 15 is 0 Å². The molecule has 0 spiro atoms. The Bertz CT molecular complexity index is 1400. The molecule has 0 heterocycles. The lowest BCUT2D eigenvalue weighted by atomic mass is 10.0. The average Bonchev–Trinajstić information content (AvgIpc) is 3.47. The molecule has 0 aliphatic heterocycles. The molecule has 6 heteroatoms. The van der Waals surface area contributed by atoms with Crippen LogP contribution in [0.1, 0.15) is 393 Å². The number of unbranched alkanes of at least 4 members (excludes halogenated alkanes) is 48. The van der Waals surface area contributed by atoms with Crippen LogP contribution in [0.25, 0.3) is 0 Å². The quantitative estimate of drug-likeness (QED) is 0.0261. The second-order valence-corrected chi connectivity index (χ2v) is 24.5. The van der Waals surface area contributed by atoms with Crippen molar-refractivity contribution < 1.29 is 28.6 Å². The molecule has 0 N–H and O–H groups in total. The summed E-state index contributed by atoms with van der Waals surface area (Å²) >= 11 is 0. The van der Waals surface area contributed by atoms with Crippen LogP contribution in [0.15, 0.2) is 48.6 Å². The minimum Gasteiger partial charge on any atom is -0.462 e. The molecule has 0 radical (unpaired) electrons. The van der Waals surface area contributed by atoms with Crippen molar-refractivity contribution in [1.82, 2.24) is 0 Å². The molecule has 0 aliphatic carbocycles. The van der Waals surface area contributed by atoms with Gasteiger partial charge in [0.2, 0.25) is 0 Å². The molecule has 0 saturated carbocycles. The third kappa shape index (κ3) is 68.0. The number of carbonyl (C=O) groups is 3. The van der Waals surface area contributed by atoms with Crippen molar-refractivity contribution in [3.63, 3.8) is 0 Å². The van der Waals surface area contributed by atoms with Crippen molar-refractivity contribution in [3.8, 4) is 0 Å². The van der Waals surface area contributed by atoms with E-state index in [1.807, 2.05) is 0 Å². The van der Waals surface area contributed by atoms with E-state index in [-0.39, 0.29) is 31.1 Å². The molecule has 0 amide bonds. The van der Waals surface area contributed by atoms with Crippen LogP contribution >= 0.6 is 0 Å². The Hall–Kier alpha value is -2.63. The summed E-state index contributed by atoms with van der Waals surface area (Å²) in [5.74, 6) is -0.855. The Morgan fingerprint density at radius 3 is 0.753 bits per heavy atom. The van der Waals surface area contributed by atoms with E-state index in [4.69, 9.17) is 14.2 Å². The Labute approximate surface area is 505 Å². The van der Waals surface area contributed by atoms with E-state index in [2.05, 4.69) is 69.4 Å². The first-order chi connectivity index (χ1) is 40.0. The predicted octanol–water partition coefficient (Wildman–Crippen LogP) is 24.9. The highest BCUT2D eigenvalue weighted by Gasteiger charge is 2.19. The van der Waals surface area contributed by atoms with Gasteiger partial charge in [0.25, 0.3) is 0 Å². The molecular formula is C75H138O6. The highest BCUT2D eigenvalue weighted by molar-refractivity contribution is 5.71. The maximum absolute atomic E-state index is 12.9. The Kier molecular flexibility index (Phi) is 67.6. The van der Waals surface area contributed by atoms with E-state index in [1.54, 1.807) is 0 Å². The van der Waals surface area contributed by atoms with Crippen LogP contribution in [-0.2, 0) is 28.6 Å². The first kappa shape index (κ1) is 78.4. The summed E-state index contributed by atoms with van der Waals surface area (Å²) in [4.78, 5) is 38.3. The van der Waals surface area contributed by atoms with Crippen molar-refractivity contribution in [3.05, 3.63) is 48.6 Å². The van der Waals surface area contributed by atoms with Gasteiger partial charge >= 0.3 is 17.9 Å². The zero-order chi connectivity index (χ0) is 58.5. The van der Waals surface area contributed by atoms with Gasteiger partial charge in [0, 0.05) is 19.3 Å². The molecule has 0 bridgehead atoms. The largest absolute Gasteiger partial charge is 0.462 e. The number of ether oxygens (including phenoxy) is 3. The maximum Gasteiger partial charge on any atom is 0.306 e. The van der Waals surface area contributed by atoms with Crippen molar-refractivity contribution in [1.29, 1.82) is 0 Å². The van der Waals surface area contributed by atoms with Crippen molar-refractivity contribution in [2.24, 2.45) is 0 Å². The van der Waals surface area contributed by atoms with E-state index in [0.717, 1.165) is 83.5 Å². The molecule has 1 atom stereocenters. The van der Waals surface area contributed by atoms with E-state index < -0.39 is 6.10 Å². The van der Waals surface area contributed by atoms with Gasteiger partial charge in [0.1, 0.15) is 13.2 Å². The van der Waals surface area contributed by atoms with Crippen LogP contribution in [-0.4, -0.2) is 37.2 Å². The fourth-order valence-electron chi connectivity index (χ4n) is 10.9. The summed E-state index contributed by atoms with van der Waals surface area (Å²) < 4.78 is 16.9. The van der Waals surface area contributed by atoms with Gasteiger partial charge in [-0.05, 0) is 77.0 Å². The van der Waals surface area contributed by atoms with Crippen LogP contribution in [0.5, 0.6) is 0 Å². The maximum atomic E-state index is 12.9. The predicted molar refractivity (Wildman–Crippen MR) is 353 cm³/mol. The summed E-state index contributed by atoms with van der Waals surface area (Å²) in [5, 5.41) is 0. The molecule has 6 nitrogen and oxygen atoms in total. The summed E-state index contributed by atoms with van der Waals surface area (Å²) in [6, 6.07) is 0. The van der Waals surface area contributed by atoms with Crippen LogP contribution in [0.2, 0.25) is 0 Å². The summed E-state index contributed by atoms with van der Waals surface area (Å²) in [6.07, 6.45) is 88.8. The topological polar surface area (TPSA) is 78.9 Å². The van der Waals surface area contributed by atoms with Gasteiger partial charge in [0.05, 0.1) is 0 Å². The highest BCUT2D eigenvalue weighted by atomic mass is 16.6. The Balaban J connectivity index is 4.07. The second kappa shape index (κ2) is 69.9. The fraction of sp³-hybridized carbons (Fsp3) is 0.853.